The van der Waals surface area contributed by atoms with Crippen molar-refractivity contribution in [3.8, 4) is 0 Å². The van der Waals surface area contributed by atoms with Crippen LogP contribution < -0.4 is 10.0 Å². The molecular formula is C17H19N4O3-. The largest absolute Gasteiger partial charge is 0.550 e. The van der Waals surface area contributed by atoms with Gasteiger partial charge in [0.05, 0.1) is 5.92 Å². The molecule has 2 aliphatic carbocycles. The van der Waals surface area contributed by atoms with Crippen molar-refractivity contribution in [2.45, 2.75) is 6.42 Å². The van der Waals surface area contributed by atoms with E-state index in [4.69, 9.17) is 0 Å². The highest BCUT2D eigenvalue weighted by Crippen LogP contribution is 2.48. The number of amides is 1. The molecular weight excluding hydrogens is 308 g/mol. The number of aromatic nitrogens is 2. The van der Waals surface area contributed by atoms with Crippen molar-refractivity contribution in [2.24, 2.45) is 23.7 Å². The topological polar surface area (TPSA) is 89.5 Å². The molecule has 3 aliphatic rings. The number of hydrogen-bond donors (Lipinski definition) is 0. The minimum Gasteiger partial charge on any atom is -0.550 e. The van der Waals surface area contributed by atoms with Crippen molar-refractivity contribution in [2.75, 3.05) is 31.1 Å². The zero-order chi connectivity index (χ0) is 16.7. The summed E-state index contributed by atoms with van der Waals surface area (Å²) in [5.41, 5.74) is 0. The summed E-state index contributed by atoms with van der Waals surface area (Å²) in [5.74, 6) is -1.63. The Hall–Kier alpha value is -2.44. The van der Waals surface area contributed by atoms with E-state index in [1.807, 2.05) is 17.1 Å². The molecule has 1 aliphatic heterocycles. The fourth-order valence-electron chi connectivity index (χ4n) is 4.27. The normalized spacial score (nSPS) is 31.5. The molecule has 1 aromatic heterocycles. The number of rotatable bonds is 3. The van der Waals surface area contributed by atoms with Crippen molar-refractivity contribution < 1.29 is 14.7 Å². The molecule has 2 fully saturated rings. The van der Waals surface area contributed by atoms with Gasteiger partial charge >= 0.3 is 0 Å². The lowest BCUT2D eigenvalue weighted by Gasteiger charge is -2.38. The van der Waals surface area contributed by atoms with Gasteiger partial charge in [-0.2, -0.15) is 0 Å². The van der Waals surface area contributed by atoms with Crippen LogP contribution in [0.2, 0.25) is 0 Å². The number of fused-ring (bicyclic) bond motifs is 2. The van der Waals surface area contributed by atoms with E-state index in [2.05, 4.69) is 9.97 Å². The highest BCUT2D eigenvalue weighted by atomic mass is 16.4. The first-order valence-electron chi connectivity index (χ1n) is 8.35. The van der Waals surface area contributed by atoms with Crippen LogP contribution in [0.15, 0.2) is 30.6 Å². The van der Waals surface area contributed by atoms with E-state index >= 15 is 0 Å². The second-order valence-corrected chi connectivity index (χ2v) is 6.68. The summed E-state index contributed by atoms with van der Waals surface area (Å²) < 4.78 is 0. The van der Waals surface area contributed by atoms with E-state index in [0.717, 1.165) is 6.42 Å². The zero-order valence-electron chi connectivity index (χ0n) is 13.2. The summed E-state index contributed by atoms with van der Waals surface area (Å²) in [7, 11) is 0. The summed E-state index contributed by atoms with van der Waals surface area (Å²) in [6, 6.07) is 1.77. The van der Waals surface area contributed by atoms with Gasteiger partial charge < -0.3 is 19.7 Å². The molecule has 1 aromatic rings. The van der Waals surface area contributed by atoms with Crippen molar-refractivity contribution >= 4 is 17.8 Å². The SMILES string of the molecule is O=C([O-])[C@@H]1[C@@H](C(=O)N2CCN(c3ncccn3)CC2)[C@@H]2C=C[C@@H]1C2. The molecule has 24 heavy (non-hydrogen) atoms. The summed E-state index contributed by atoms with van der Waals surface area (Å²) in [6.07, 6.45) is 8.09. The molecule has 7 heteroatoms. The smallest absolute Gasteiger partial charge is 0.227 e. The fraction of sp³-hybridized carbons (Fsp3) is 0.529. The number of carboxylic acid groups (broad SMARTS) is 1. The maximum atomic E-state index is 12.9. The van der Waals surface area contributed by atoms with Crippen LogP contribution in [0.5, 0.6) is 0 Å². The Balaban J connectivity index is 1.43. The Morgan fingerprint density at radius 2 is 1.62 bits per heavy atom. The minimum absolute atomic E-state index is 0.0425. The Morgan fingerprint density at radius 1 is 1.00 bits per heavy atom. The molecule has 2 bridgehead atoms. The molecule has 1 saturated carbocycles. The lowest BCUT2D eigenvalue weighted by atomic mass is 9.82. The minimum atomic E-state index is -1.10. The van der Waals surface area contributed by atoms with Crippen LogP contribution in [0.4, 0.5) is 5.95 Å². The molecule has 0 radical (unpaired) electrons. The van der Waals surface area contributed by atoms with Gasteiger partial charge in [0.1, 0.15) is 0 Å². The van der Waals surface area contributed by atoms with E-state index in [-0.39, 0.29) is 17.7 Å². The first-order chi connectivity index (χ1) is 11.6. The number of aliphatic carboxylic acids is 1. The van der Waals surface area contributed by atoms with Gasteiger partial charge in [0.2, 0.25) is 11.9 Å². The number of carboxylic acids is 1. The Bertz CT molecular complexity index is 670. The number of hydrogen-bond acceptors (Lipinski definition) is 6. The molecule has 0 aromatic carbocycles. The first kappa shape index (κ1) is 15.1. The second kappa shape index (κ2) is 5.89. The van der Waals surface area contributed by atoms with Crippen LogP contribution in [0.1, 0.15) is 6.42 Å². The third-order valence-corrected chi connectivity index (χ3v) is 5.44. The van der Waals surface area contributed by atoms with Crippen LogP contribution >= 0.6 is 0 Å². The number of piperazine rings is 1. The van der Waals surface area contributed by atoms with Crippen LogP contribution in [0, 0.1) is 23.7 Å². The number of carbonyl (C=O) groups is 2. The monoisotopic (exact) mass is 327 g/mol. The van der Waals surface area contributed by atoms with Crippen molar-refractivity contribution in [3.05, 3.63) is 30.6 Å². The molecule has 0 unspecified atom stereocenters. The molecule has 1 amide bonds. The number of nitrogens with zero attached hydrogens (tertiary/aromatic N) is 4. The number of carbonyl (C=O) groups excluding carboxylic acids is 2. The molecule has 4 rings (SSSR count). The van der Waals surface area contributed by atoms with Gasteiger partial charge in [-0.1, -0.05) is 12.2 Å². The molecule has 2 heterocycles. The highest BCUT2D eigenvalue weighted by molar-refractivity contribution is 5.86. The van der Waals surface area contributed by atoms with Crippen LogP contribution in [-0.2, 0) is 9.59 Å². The van der Waals surface area contributed by atoms with Crippen LogP contribution in [-0.4, -0.2) is 52.9 Å². The van der Waals surface area contributed by atoms with Gasteiger partial charge in [-0.15, -0.1) is 0 Å². The number of allylic oxidation sites excluding steroid dienone is 2. The zero-order valence-corrected chi connectivity index (χ0v) is 13.2. The molecule has 126 valence electrons. The molecule has 0 spiro atoms. The average Bonchev–Trinajstić information content (AvgIpc) is 3.23. The first-order valence-corrected chi connectivity index (χ1v) is 8.35. The molecule has 1 saturated heterocycles. The maximum absolute atomic E-state index is 12.9. The Kier molecular flexibility index (Phi) is 3.70. The summed E-state index contributed by atoms with van der Waals surface area (Å²) in [6.45, 7) is 2.44. The summed E-state index contributed by atoms with van der Waals surface area (Å²) >= 11 is 0. The Morgan fingerprint density at radius 3 is 2.25 bits per heavy atom. The number of anilines is 1. The predicted molar refractivity (Wildman–Crippen MR) is 83.5 cm³/mol. The lowest BCUT2D eigenvalue weighted by molar-refractivity contribution is -0.313. The van der Waals surface area contributed by atoms with Gasteiger partial charge in [0, 0.05) is 50.5 Å². The van der Waals surface area contributed by atoms with Crippen LogP contribution in [0.3, 0.4) is 0 Å². The van der Waals surface area contributed by atoms with Crippen molar-refractivity contribution in [1.82, 2.24) is 14.9 Å². The third-order valence-electron chi connectivity index (χ3n) is 5.44. The van der Waals surface area contributed by atoms with Gasteiger partial charge in [0.15, 0.2) is 0 Å². The van der Waals surface area contributed by atoms with Gasteiger partial charge in [-0.25, -0.2) is 9.97 Å². The van der Waals surface area contributed by atoms with Gasteiger partial charge in [0.25, 0.3) is 0 Å². The highest BCUT2D eigenvalue weighted by Gasteiger charge is 2.50. The maximum Gasteiger partial charge on any atom is 0.227 e. The molecule has 4 atom stereocenters. The van der Waals surface area contributed by atoms with Gasteiger partial charge in [-0.3, -0.25) is 4.79 Å². The lowest BCUT2D eigenvalue weighted by Crippen LogP contribution is -2.53. The molecule has 7 nitrogen and oxygen atoms in total. The molecule has 0 N–H and O–H groups in total. The van der Waals surface area contributed by atoms with E-state index in [9.17, 15) is 14.7 Å². The van der Waals surface area contributed by atoms with E-state index in [0.29, 0.717) is 32.1 Å². The van der Waals surface area contributed by atoms with Crippen molar-refractivity contribution in [1.29, 1.82) is 0 Å². The van der Waals surface area contributed by atoms with Crippen molar-refractivity contribution in [3.63, 3.8) is 0 Å². The third kappa shape index (κ3) is 2.44. The second-order valence-electron chi connectivity index (χ2n) is 6.68. The average molecular weight is 327 g/mol. The van der Waals surface area contributed by atoms with E-state index < -0.39 is 17.8 Å². The quantitative estimate of drug-likeness (QED) is 0.683. The van der Waals surface area contributed by atoms with E-state index in [1.54, 1.807) is 23.4 Å². The predicted octanol–water partition coefficient (Wildman–Crippen LogP) is -0.687. The Labute approximate surface area is 140 Å². The van der Waals surface area contributed by atoms with Gasteiger partial charge in [-0.05, 0) is 24.3 Å². The summed E-state index contributed by atoms with van der Waals surface area (Å²) in [5, 5.41) is 11.5. The standard InChI is InChI=1S/C17H20N4O3/c22-15(13-11-2-3-12(10-11)14(13)16(23)24)20-6-8-21(9-7-20)17-18-4-1-5-19-17/h1-5,11-14H,6-10H2,(H,23,24)/p-1/t11-,12-,13+,14+/m1/s1. The fourth-order valence-corrected chi connectivity index (χ4v) is 4.27. The van der Waals surface area contributed by atoms with Crippen LogP contribution in [0.25, 0.3) is 0 Å². The van der Waals surface area contributed by atoms with E-state index in [1.165, 1.54) is 0 Å². The summed E-state index contributed by atoms with van der Waals surface area (Å²) in [4.78, 5) is 36.7.